The number of hydrogen-bond acceptors (Lipinski definition) is 6. The lowest BCUT2D eigenvalue weighted by molar-refractivity contribution is -0.384. The second-order valence-corrected chi connectivity index (χ2v) is 6.20. The van der Waals surface area contributed by atoms with Gasteiger partial charge in [0, 0.05) is 18.2 Å². The fourth-order valence-corrected chi connectivity index (χ4v) is 2.82. The maximum Gasteiger partial charge on any atom is 0.343 e. The second kappa shape index (κ2) is 7.40. The lowest BCUT2D eigenvalue weighted by Crippen LogP contribution is -2.08. The molecule has 0 aliphatic carbocycles. The molecule has 0 radical (unpaired) electrons. The van der Waals surface area contributed by atoms with Crippen molar-refractivity contribution in [2.75, 3.05) is 0 Å². The predicted molar refractivity (Wildman–Crippen MR) is 104 cm³/mol. The highest BCUT2D eigenvalue weighted by Crippen LogP contribution is 2.35. The Morgan fingerprint density at radius 1 is 1.00 bits per heavy atom. The van der Waals surface area contributed by atoms with Crippen LogP contribution in [0.1, 0.15) is 26.3 Å². The number of esters is 1. The number of Topliss-reactive ketones (excluding diaryl/α,β-unsaturated/α-hetero) is 1. The van der Waals surface area contributed by atoms with E-state index in [-0.39, 0.29) is 28.5 Å². The van der Waals surface area contributed by atoms with Crippen molar-refractivity contribution in [3.63, 3.8) is 0 Å². The maximum atomic E-state index is 12.5. The van der Waals surface area contributed by atoms with Gasteiger partial charge in [-0.25, -0.2) is 4.79 Å². The number of rotatable bonds is 4. The molecule has 0 bridgehead atoms. The molecule has 4 rings (SSSR count). The number of ether oxygens (including phenoxy) is 2. The summed E-state index contributed by atoms with van der Waals surface area (Å²) in [6.45, 7) is 0. The number of nitro benzene ring substituents is 1. The molecule has 3 aromatic carbocycles. The topological polar surface area (TPSA) is 95.7 Å². The summed E-state index contributed by atoms with van der Waals surface area (Å²) >= 11 is 0. The Bertz CT molecular complexity index is 1150. The van der Waals surface area contributed by atoms with Gasteiger partial charge >= 0.3 is 5.97 Å². The van der Waals surface area contributed by atoms with Gasteiger partial charge in [0.2, 0.25) is 5.78 Å². The van der Waals surface area contributed by atoms with Crippen molar-refractivity contribution < 1.29 is 24.0 Å². The molecule has 7 nitrogen and oxygen atoms in total. The van der Waals surface area contributed by atoms with Crippen molar-refractivity contribution >= 4 is 23.5 Å². The van der Waals surface area contributed by atoms with Crippen molar-refractivity contribution in [3.05, 3.63) is 105 Å². The Hall–Kier alpha value is -4.26. The number of carbonyl (C=O) groups excluding carboxylic acids is 2. The number of fused-ring (bicyclic) bond motifs is 1. The summed E-state index contributed by atoms with van der Waals surface area (Å²) in [7, 11) is 0. The molecule has 0 aromatic heterocycles. The standard InChI is InChI=1S/C22H13NO6/c24-21-18-11-10-17(28-22(25)15-6-8-16(9-7-15)23(26)27)13-19(18)29-20(21)12-14-4-2-1-3-5-14/h1-13H/b20-12-. The van der Waals surface area contributed by atoms with Gasteiger partial charge in [0.05, 0.1) is 16.1 Å². The summed E-state index contributed by atoms with van der Waals surface area (Å²) in [5.41, 5.74) is 1.25. The molecule has 1 heterocycles. The lowest BCUT2D eigenvalue weighted by Gasteiger charge is -2.05. The fourth-order valence-electron chi connectivity index (χ4n) is 2.82. The van der Waals surface area contributed by atoms with Crippen LogP contribution >= 0.6 is 0 Å². The smallest absolute Gasteiger partial charge is 0.343 e. The highest BCUT2D eigenvalue weighted by Gasteiger charge is 2.28. The molecule has 0 saturated heterocycles. The zero-order chi connectivity index (χ0) is 20.4. The van der Waals surface area contributed by atoms with Gasteiger partial charge in [-0.05, 0) is 35.9 Å². The van der Waals surface area contributed by atoms with Crippen LogP contribution in [-0.4, -0.2) is 16.7 Å². The lowest BCUT2D eigenvalue weighted by atomic mass is 10.1. The van der Waals surface area contributed by atoms with Crippen molar-refractivity contribution in [1.29, 1.82) is 0 Å². The summed E-state index contributed by atoms with van der Waals surface area (Å²) in [6.07, 6.45) is 1.64. The van der Waals surface area contributed by atoms with Crippen LogP contribution in [0.5, 0.6) is 11.5 Å². The van der Waals surface area contributed by atoms with Crippen molar-refractivity contribution in [1.82, 2.24) is 0 Å². The number of nitro groups is 1. The van der Waals surface area contributed by atoms with Gasteiger partial charge in [-0.3, -0.25) is 14.9 Å². The monoisotopic (exact) mass is 387 g/mol. The minimum absolute atomic E-state index is 0.122. The Balaban J connectivity index is 1.52. The van der Waals surface area contributed by atoms with Crippen LogP contribution in [0.3, 0.4) is 0 Å². The number of benzene rings is 3. The molecule has 1 aliphatic rings. The van der Waals surface area contributed by atoms with Crippen molar-refractivity contribution in [2.45, 2.75) is 0 Å². The molecule has 0 atom stereocenters. The number of carbonyl (C=O) groups is 2. The molecular weight excluding hydrogens is 374 g/mol. The van der Waals surface area contributed by atoms with E-state index in [1.54, 1.807) is 6.08 Å². The number of ketones is 1. The first kappa shape index (κ1) is 18.1. The Morgan fingerprint density at radius 3 is 2.41 bits per heavy atom. The molecule has 0 unspecified atom stereocenters. The summed E-state index contributed by atoms with van der Waals surface area (Å²) in [5.74, 6) is -0.251. The number of allylic oxidation sites excluding steroid dienone is 1. The predicted octanol–water partition coefficient (Wildman–Crippen LogP) is 4.43. The molecule has 7 heteroatoms. The molecule has 29 heavy (non-hydrogen) atoms. The largest absolute Gasteiger partial charge is 0.452 e. The van der Waals surface area contributed by atoms with Crippen LogP contribution < -0.4 is 9.47 Å². The third kappa shape index (κ3) is 3.74. The van der Waals surface area contributed by atoms with Gasteiger partial charge in [-0.1, -0.05) is 30.3 Å². The van der Waals surface area contributed by atoms with Gasteiger partial charge in [-0.15, -0.1) is 0 Å². The van der Waals surface area contributed by atoms with E-state index >= 15 is 0 Å². The molecule has 142 valence electrons. The van der Waals surface area contributed by atoms with E-state index in [2.05, 4.69) is 0 Å². The normalized spacial score (nSPS) is 13.7. The first-order chi connectivity index (χ1) is 14.0. The zero-order valence-electron chi connectivity index (χ0n) is 14.9. The molecule has 3 aromatic rings. The first-order valence-electron chi connectivity index (χ1n) is 8.61. The van der Waals surface area contributed by atoms with E-state index < -0.39 is 10.9 Å². The zero-order valence-corrected chi connectivity index (χ0v) is 14.9. The van der Waals surface area contributed by atoms with Gasteiger partial charge in [0.25, 0.3) is 5.69 Å². The highest BCUT2D eigenvalue weighted by atomic mass is 16.6. The quantitative estimate of drug-likeness (QED) is 0.216. The van der Waals surface area contributed by atoms with E-state index in [0.717, 1.165) is 5.56 Å². The van der Waals surface area contributed by atoms with Gasteiger partial charge in [0.1, 0.15) is 11.5 Å². The van der Waals surface area contributed by atoms with Crippen LogP contribution in [0.15, 0.2) is 78.6 Å². The van der Waals surface area contributed by atoms with E-state index in [4.69, 9.17) is 9.47 Å². The molecule has 0 amide bonds. The summed E-state index contributed by atoms with van der Waals surface area (Å²) in [6, 6.07) is 18.9. The minimum Gasteiger partial charge on any atom is -0.452 e. The van der Waals surface area contributed by atoms with Crippen LogP contribution in [0.4, 0.5) is 5.69 Å². The SMILES string of the molecule is O=C(Oc1ccc2c(c1)O/C(=C\c1ccccc1)C2=O)c1ccc([N+](=O)[O-])cc1. The summed E-state index contributed by atoms with van der Waals surface area (Å²) in [5, 5.41) is 10.7. The molecule has 0 spiro atoms. The van der Waals surface area contributed by atoms with Crippen LogP contribution in [0.2, 0.25) is 0 Å². The van der Waals surface area contributed by atoms with Gasteiger partial charge in [0.15, 0.2) is 5.76 Å². The van der Waals surface area contributed by atoms with E-state index in [9.17, 15) is 19.7 Å². The van der Waals surface area contributed by atoms with Gasteiger partial charge < -0.3 is 9.47 Å². The summed E-state index contributed by atoms with van der Waals surface area (Å²) < 4.78 is 10.9. The Morgan fingerprint density at radius 2 is 1.72 bits per heavy atom. The molecular formula is C22H13NO6. The number of hydrogen-bond donors (Lipinski definition) is 0. The van der Waals surface area contributed by atoms with Crippen molar-refractivity contribution in [3.8, 4) is 11.5 Å². The Kier molecular flexibility index (Phi) is 4.62. The average Bonchev–Trinajstić information content (AvgIpc) is 3.03. The molecule has 0 N–H and O–H groups in total. The van der Waals surface area contributed by atoms with E-state index in [0.29, 0.717) is 11.3 Å². The summed E-state index contributed by atoms with van der Waals surface area (Å²) in [4.78, 5) is 34.9. The first-order valence-corrected chi connectivity index (χ1v) is 8.61. The average molecular weight is 387 g/mol. The second-order valence-electron chi connectivity index (χ2n) is 6.20. The van der Waals surface area contributed by atoms with Gasteiger partial charge in [-0.2, -0.15) is 0 Å². The van der Waals surface area contributed by atoms with Crippen molar-refractivity contribution in [2.24, 2.45) is 0 Å². The number of non-ortho nitro benzene ring substituents is 1. The van der Waals surface area contributed by atoms with Crippen LogP contribution in [0.25, 0.3) is 6.08 Å². The fraction of sp³-hybridized carbons (Fsp3) is 0. The molecule has 0 saturated carbocycles. The van der Waals surface area contributed by atoms with Crippen LogP contribution in [0, 0.1) is 10.1 Å². The third-order valence-corrected chi connectivity index (χ3v) is 4.26. The maximum absolute atomic E-state index is 12.5. The molecule has 1 aliphatic heterocycles. The van der Waals surface area contributed by atoms with Crippen LogP contribution in [-0.2, 0) is 0 Å². The minimum atomic E-state index is -0.677. The highest BCUT2D eigenvalue weighted by molar-refractivity contribution is 6.14. The molecule has 0 fully saturated rings. The van der Waals surface area contributed by atoms with E-state index in [1.807, 2.05) is 30.3 Å². The van der Waals surface area contributed by atoms with E-state index in [1.165, 1.54) is 42.5 Å². The third-order valence-electron chi connectivity index (χ3n) is 4.26. The Labute approximate surface area is 165 Å². The number of nitrogens with zero attached hydrogens (tertiary/aromatic N) is 1.